The van der Waals surface area contributed by atoms with Crippen molar-refractivity contribution in [1.82, 2.24) is 8.87 Å². The van der Waals surface area contributed by atoms with Crippen molar-refractivity contribution >= 4 is 37.3 Å². The normalized spacial score (nSPS) is 15.5. The molecule has 2 heterocycles. The van der Waals surface area contributed by atoms with Gasteiger partial charge in [-0.2, -0.15) is 0 Å². The van der Waals surface area contributed by atoms with Gasteiger partial charge in [-0.1, -0.05) is 42.5 Å². The van der Waals surface area contributed by atoms with Gasteiger partial charge in [-0.05, 0) is 36.6 Å². The molecule has 158 valence electrons. The van der Waals surface area contributed by atoms with Gasteiger partial charge in [0.2, 0.25) is 0 Å². The van der Waals surface area contributed by atoms with Crippen molar-refractivity contribution in [3.8, 4) is 0 Å². The van der Waals surface area contributed by atoms with Crippen LogP contribution in [0.1, 0.15) is 12.0 Å². The average molecular weight is 438 g/mol. The first kappa shape index (κ1) is 19.9. The Morgan fingerprint density at radius 1 is 0.968 bits per heavy atom. The lowest BCUT2D eigenvalue weighted by molar-refractivity contribution is 0.370. The van der Waals surface area contributed by atoms with Crippen LogP contribution in [0.4, 0.5) is 8.78 Å². The van der Waals surface area contributed by atoms with Crippen molar-refractivity contribution in [3.05, 3.63) is 84.1 Å². The van der Waals surface area contributed by atoms with Gasteiger partial charge in [0.25, 0.3) is 10.0 Å². The van der Waals surface area contributed by atoms with E-state index in [9.17, 15) is 17.2 Å². The molecule has 0 N–H and O–H groups in total. The second-order valence-electron chi connectivity index (χ2n) is 7.85. The van der Waals surface area contributed by atoms with E-state index in [1.807, 2.05) is 31.3 Å². The summed E-state index contributed by atoms with van der Waals surface area (Å²) < 4.78 is 57.5. The third-order valence-corrected chi connectivity index (χ3v) is 7.55. The molecule has 0 radical (unpaired) electrons. The number of nitrogens with zero attached hydrogens (tertiary/aromatic N) is 2. The van der Waals surface area contributed by atoms with Crippen LogP contribution in [-0.2, 0) is 10.0 Å². The van der Waals surface area contributed by atoms with Crippen molar-refractivity contribution in [2.75, 3.05) is 20.1 Å². The summed E-state index contributed by atoms with van der Waals surface area (Å²) in [5, 5.41) is 1.58. The lowest BCUT2D eigenvalue weighted by Gasteiger charge is -2.21. The molecule has 0 aliphatic carbocycles. The maximum absolute atomic E-state index is 15.0. The summed E-state index contributed by atoms with van der Waals surface area (Å²) in [4.78, 5) is 2.20. The molecule has 7 heteroatoms. The third-order valence-electron chi connectivity index (χ3n) is 5.83. The minimum absolute atomic E-state index is 0.0788. The molecular weight excluding hydrogens is 418 g/mol. The highest BCUT2D eigenvalue weighted by atomic mass is 32.2. The lowest BCUT2D eigenvalue weighted by atomic mass is 9.99. The fourth-order valence-corrected chi connectivity index (χ4v) is 5.83. The smallest absolute Gasteiger partial charge is 0.268 e. The molecule has 0 bridgehead atoms. The van der Waals surface area contributed by atoms with Gasteiger partial charge >= 0.3 is 0 Å². The zero-order valence-corrected chi connectivity index (χ0v) is 17.7. The van der Waals surface area contributed by atoms with Crippen LogP contribution in [0.15, 0.2) is 71.8 Å². The lowest BCUT2D eigenvalue weighted by Crippen LogP contribution is -2.23. The fraction of sp³-hybridized carbons (Fsp3) is 0.167. The maximum atomic E-state index is 15.0. The number of likely N-dealkylation sites (N-methyl/N-ethyl adjacent to an activating group) is 1. The Kier molecular flexibility index (Phi) is 4.68. The van der Waals surface area contributed by atoms with E-state index in [0.29, 0.717) is 23.9 Å². The molecule has 5 rings (SSSR count). The zero-order valence-electron chi connectivity index (χ0n) is 16.8. The van der Waals surface area contributed by atoms with Gasteiger partial charge in [-0.15, -0.1) is 0 Å². The van der Waals surface area contributed by atoms with E-state index >= 15 is 0 Å². The van der Waals surface area contributed by atoms with E-state index in [1.165, 1.54) is 18.3 Å². The fourth-order valence-electron chi connectivity index (χ4n) is 4.23. The number of hydrogen-bond acceptors (Lipinski definition) is 3. The topological polar surface area (TPSA) is 42.3 Å². The average Bonchev–Trinajstić information content (AvgIpc) is 3.14. The number of halogens is 2. The monoisotopic (exact) mass is 438 g/mol. The largest absolute Gasteiger partial charge is 0.302 e. The van der Waals surface area contributed by atoms with Crippen LogP contribution < -0.4 is 0 Å². The van der Waals surface area contributed by atoms with Gasteiger partial charge < -0.3 is 4.90 Å². The van der Waals surface area contributed by atoms with E-state index in [0.717, 1.165) is 27.5 Å². The standard InChI is InChI=1S/C24H20F2N2O2S/c1-27-11-9-17(10-12-27)21-15-28(24-20(21)13-18(25)14-22(24)26)31(29,30)23-8-4-6-16-5-2-3-7-19(16)23/h2-9,13-15H,10-12H2,1H3. The molecule has 0 fully saturated rings. The SMILES string of the molecule is CN1CC=C(c2cn(S(=O)(=O)c3cccc4ccccc34)c3c(F)cc(F)cc23)CC1. The quantitative estimate of drug-likeness (QED) is 0.451. The van der Waals surface area contributed by atoms with E-state index in [4.69, 9.17) is 0 Å². The molecule has 0 saturated carbocycles. The Morgan fingerprint density at radius 3 is 2.52 bits per heavy atom. The number of fused-ring (bicyclic) bond motifs is 2. The van der Waals surface area contributed by atoms with Crippen molar-refractivity contribution in [2.24, 2.45) is 0 Å². The molecule has 31 heavy (non-hydrogen) atoms. The predicted octanol–water partition coefficient (Wildman–Crippen LogP) is 5.03. The van der Waals surface area contributed by atoms with E-state index in [1.54, 1.807) is 18.2 Å². The highest BCUT2D eigenvalue weighted by Crippen LogP contribution is 2.36. The molecular formula is C24H20F2N2O2S. The number of hydrogen-bond donors (Lipinski definition) is 0. The van der Waals surface area contributed by atoms with Crippen molar-refractivity contribution < 1.29 is 17.2 Å². The van der Waals surface area contributed by atoms with Crippen LogP contribution in [-0.4, -0.2) is 37.4 Å². The van der Waals surface area contributed by atoms with Gasteiger partial charge in [0.1, 0.15) is 11.3 Å². The molecule has 0 saturated heterocycles. The third kappa shape index (κ3) is 3.25. The highest BCUT2D eigenvalue weighted by molar-refractivity contribution is 7.90. The second-order valence-corrected chi connectivity index (χ2v) is 9.63. The number of rotatable bonds is 3. The summed E-state index contributed by atoms with van der Waals surface area (Å²) in [6.07, 6.45) is 4.08. The Hall–Kier alpha value is -3.03. The van der Waals surface area contributed by atoms with Gasteiger partial charge in [0, 0.05) is 41.7 Å². The number of aromatic nitrogens is 1. The van der Waals surface area contributed by atoms with Crippen molar-refractivity contribution in [1.29, 1.82) is 0 Å². The molecule has 0 amide bonds. The molecule has 0 unspecified atom stereocenters. The van der Waals surface area contributed by atoms with E-state index < -0.39 is 21.7 Å². The Bertz CT molecular complexity index is 1470. The maximum Gasteiger partial charge on any atom is 0.268 e. The van der Waals surface area contributed by atoms with Gasteiger partial charge in [-0.25, -0.2) is 21.2 Å². The van der Waals surface area contributed by atoms with Gasteiger partial charge in [-0.3, -0.25) is 0 Å². The zero-order chi connectivity index (χ0) is 21.8. The first-order chi connectivity index (χ1) is 14.9. The van der Waals surface area contributed by atoms with Gasteiger partial charge in [0.05, 0.1) is 4.90 Å². The molecule has 1 aliphatic heterocycles. The Balaban J connectivity index is 1.81. The molecule has 4 nitrogen and oxygen atoms in total. The summed E-state index contributed by atoms with van der Waals surface area (Å²) in [6.45, 7) is 1.47. The van der Waals surface area contributed by atoms with Crippen LogP contribution in [0.25, 0.3) is 27.2 Å². The predicted molar refractivity (Wildman–Crippen MR) is 118 cm³/mol. The van der Waals surface area contributed by atoms with Crippen LogP contribution >= 0.6 is 0 Å². The van der Waals surface area contributed by atoms with Crippen molar-refractivity contribution in [2.45, 2.75) is 11.3 Å². The summed E-state index contributed by atoms with van der Waals surface area (Å²) in [6, 6.07) is 14.1. The highest BCUT2D eigenvalue weighted by Gasteiger charge is 2.27. The van der Waals surface area contributed by atoms with E-state index in [-0.39, 0.29) is 15.8 Å². The minimum Gasteiger partial charge on any atom is -0.302 e. The molecule has 1 aromatic heterocycles. The Labute approximate surface area is 179 Å². The summed E-state index contributed by atoms with van der Waals surface area (Å²) in [5.41, 5.74) is 1.30. The van der Waals surface area contributed by atoms with Crippen LogP contribution in [0.2, 0.25) is 0 Å². The van der Waals surface area contributed by atoms with E-state index in [2.05, 4.69) is 4.90 Å². The van der Waals surface area contributed by atoms with Crippen LogP contribution in [0.5, 0.6) is 0 Å². The first-order valence-corrected chi connectivity index (χ1v) is 11.4. The van der Waals surface area contributed by atoms with Crippen LogP contribution in [0.3, 0.4) is 0 Å². The summed E-state index contributed by atoms with van der Waals surface area (Å²) >= 11 is 0. The first-order valence-electron chi connectivity index (χ1n) is 9.97. The minimum atomic E-state index is -4.14. The molecule has 1 aliphatic rings. The molecule has 3 aromatic carbocycles. The van der Waals surface area contributed by atoms with Crippen LogP contribution in [0, 0.1) is 11.6 Å². The van der Waals surface area contributed by atoms with Crippen molar-refractivity contribution in [3.63, 3.8) is 0 Å². The molecule has 4 aromatic rings. The van der Waals surface area contributed by atoms with Gasteiger partial charge in [0.15, 0.2) is 5.82 Å². The second kappa shape index (κ2) is 7.28. The molecule has 0 atom stereocenters. The summed E-state index contributed by atoms with van der Waals surface area (Å²) in [5.74, 6) is -1.64. The molecule has 0 spiro atoms. The Morgan fingerprint density at radius 2 is 1.74 bits per heavy atom. The summed E-state index contributed by atoms with van der Waals surface area (Å²) in [7, 11) is -2.15. The number of benzene rings is 3.